The van der Waals surface area contributed by atoms with Crippen molar-refractivity contribution in [2.24, 2.45) is 0 Å². The number of nitrogens with one attached hydrogen (secondary N) is 1. The van der Waals surface area contributed by atoms with E-state index in [4.69, 9.17) is 9.47 Å². The second-order valence-electron chi connectivity index (χ2n) is 10.8. The first-order chi connectivity index (χ1) is 19.2. The van der Waals surface area contributed by atoms with Crippen molar-refractivity contribution in [2.75, 3.05) is 13.7 Å². The molecule has 0 unspecified atom stereocenters. The van der Waals surface area contributed by atoms with Crippen LogP contribution in [-0.4, -0.2) is 19.6 Å². The highest BCUT2D eigenvalue weighted by Gasteiger charge is 2.11. The van der Waals surface area contributed by atoms with E-state index < -0.39 is 0 Å². The van der Waals surface area contributed by atoms with Crippen molar-refractivity contribution in [3.05, 3.63) is 53.9 Å². The molecule has 1 aromatic carbocycles. The van der Waals surface area contributed by atoms with E-state index >= 15 is 0 Å². The normalized spacial score (nSPS) is 10.7. The minimum Gasteiger partial charge on any atom is -1.00 e. The van der Waals surface area contributed by atoms with Crippen molar-refractivity contribution >= 4 is 5.91 Å². The molecule has 0 fully saturated rings. The van der Waals surface area contributed by atoms with Crippen LogP contribution < -0.4 is 43.3 Å². The van der Waals surface area contributed by atoms with E-state index in [-0.39, 0.29) is 36.3 Å². The first kappa shape index (κ1) is 36.2. The summed E-state index contributed by atoms with van der Waals surface area (Å²) >= 11 is 0. The van der Waals surface area contributed by atoms with Crippen LogP contribution in [0.3, 0.4) is 0 Å². The van der Waals surface area contributed by atoms with Crippen molar-refractivity contribution in [1.82, 2.24) is 5.32 Å². The average Bonchev–Trinajstić information content (AvgIpc) is 2.95. The maximum absolute atomic E-state index is 12.5. The Kier molecular flexibility index (Phi) is 21.6. The number of carbonyl (C=O) groups is 1. The monoisotopic (exact) mass is 666 g/mol. The van der Waals surface area contributed by atoms with Crippen molar-refractivity contribution in [1.29, 1.82) is 0 Å². The van der Waals surface area contributed by atoms with Gasteiger partial charge in [0, 0.05) is 36.7 Å². The predicted octanol–water partition coefficient (Wildman–Crippen LogP) is 5.12. The molecule has 0 aliphatic carbocycles. The van der Waals surface area contributed by atoms with Crippen LogP contribution >= 0.6 is 0 Å². The molecule has 0 saturated carbocycles. The van der Waals surface area contributed by atoms with Crippen molar-refractivity contribution < 1.29 is 42.8 Å². The van der Waals surface area contributed by atoms with E-state index in [1.165, 1.54) is 83.5 Å². The Hall–Kier alpha value is -1.83. The number of hydrogen-bond donors (Lipinski definition) is 1. The largest absolute Gasteiger partial charge is 1.00 e. The summed E-state index contributed by atoms with van der Waals surface area (Å²) in [5.41, 5.74) is 1.96. The Morgan fingerprint density at radius 2 is 1.35 bits per heavy atom. The minimum atomic E-state index is -0.0188. The molecule has 0 radical (unpaired) electrons. The highest BCUT2D eigenvalue weighted by atomic mass is 127. The van der Waals surface area contributed by atoms with Crippen molar-refractivity contribution in [3.8, 4) is 11.5 Å². The number of benzene rings is 1. The Bertz CT molecular complexity index is 905. The standard InChI is InChI=1S/C34H54N2O3.HI/c1-4-6-7-8-9-10-11-12-13-14-15-16-17-18-26-39-32-20-19-31(33(28-32)38-3)27-34(37)35-29-30-21-24-36(23-5-2)25-22-30;/h19-22,24-25,28H,4-18,23,26-27,29H2,1-3H3;1H. The molecule has 0 aliphatic heterocycles. The zero-order valence-corrected chi connectivity index (χ0v) is 27.7. The molecule has 6 heteroatoms. The predicted molar refractivity (Wildman–Crippen MR) is 161 cm³/mol. The van der Waals surface area contributed by atoms with Crippen molar-refractivity contribution in [3.63, 3.8) is 0 Å². The number of unbranched alkanes of at least 4 members (excludes halogenated alkanes) is 13. The number of aryl methyl sites for hydroxylation is 1. The Morgan fingerprint density at radius 3 is 1.90 bits per heavy atom. The molecule has 0 atom stereocenters. The molecule has 0 aliphatic rings. The second-order valence-corrected chi connectivity index (χ2v) is 10.8. The van der Waals surface area contributed by atoms with Crippen LogP contribution in [-0.2, 0) is 24.3 Å². The van der Waals surface area contributed by atoms with Crippen LogP contribution in [0.5, 0.6) is 11.5 Å². The minimum absolute atomic E-state index is 0. The fraction of sp³-hybridized carbons (Fsp3) is 0.647. The third kappa shape index (κ3) is 16.4. The number of aromatic nitrogens is 1. The molecular formula is C34H55IN2O3. The van der Waals surface area contributed by atoms with E-state index in [1.807, 2.05) is 18.2 Å². The van der Waals surface area contributed by atoms with E-state index in [9.17, 15) is 4.79 Å². The molecular weight excluding hydrogens is 611 g/mol. The van der Waals surface area contributed by atoms with Gasteiger partial charge in [-0.3, -0.25) is 4.79 Å². The Morgan fingerprint density at radius 1 is 0.775 bits per heavy atom. The zero-order chi connectivity index (χ0) is 28.0. The number of carbonyl (C=O) groups excluding carboxylic acids is 1. The summed E-state index contributed by atoms with van der Waals surface area (Å²) in [7, 11) is 1.64. The maximum atomic E-state index is 12.5. The molecule has 2 rings (SSSR count). The number of halogens is 1. The van der Waals surface area contributed by atoms with Crippen LogP contribution in [0.25, 0.3) is 0 Å². The fourth-order valence-corrected chi connectivity index (χ4v) is 4.90. The third-order valence-electron chi connectivity index (χ3n) is 7.31. The average molecular weight is 667 g/mol. The molecule has 0 bridgehead atoms. The van der Waals surface area contributed by atoms with Crippen molar-refractivity contribution in [2.45, 2.75) is 130 Å². The molecule has 1 aromatic heterocycles. The number of ether oxygens (including phenoxy) is 2. The summed E-state index contributed by atoms with van der Waals surface area (Å²) in [5, 5.41) is 3.01. The maximum Gasteiger partial charge on any atom is 0.224 e. The molecule has 226 valence electrons. The molecule has 1 N–H and O–H groups in total. The van der Waals surface area contributed by atoms with Gasteiger partial charge in [-0.2, -0.15) is 0 Å². The van der Waals surface area contributed by atoms with Gasteiger partial charge < -0.3 is 38.8 Å². The van der Waals surface area contributed by atoms with E-state index in [2.05, 4.69) is 48.3 Å². The van der Waals surface area contributed by atoms with Gasteiger partial charge in [-0.15, -0.1) is 0 Å². The van der Waals surface area contributed by atoms with Crippen LogP contribution in [0.15, 0.2) is 42.7 Å². The highest BCUT2D eigenvalue weighted by Crippen LogP contribution is 2.25. The van der Waals surface area contributed by atoms with Crippen LogP contribution in [0, 0.1) is 0 Å². The number of nitrogens with zero attached hydrogens (tertiary/aromatic N) is 1. The molecule has 1 heterocycles. The molecule has 2 aromatic rings. The summed E-state index contributed by atoms with van der Waals surface area (Å²) in [6.45, 7) is 6.69. The lowest BCUT2D eigenvalue weighted by Gasteiger charge is -2.12. The summed E-state index contributed by atoms with van der Waals surface area (Å²) in [4.78, 5) is 12.5. The number of pyridine rings is 1. The highest BCUT2D eigenvalue weighted by molar-refractivity contribution is 5.79. The van der Waals surface area contributed by atoms with E-state index in [0.717, 1.165) is 42.9 Å². The number of methoxy groups -OCH3 is 1. The Labute approximate surface area is 261 Å². The lowest BCUT2D eigenvalue weighted by Crippen LogP contribution is -3.00. The van der Waals surface area contributed by atoms with Crippen LogP contribution in [0.1, 0.15) is 121 Å². The van der Waals surface area contributed by atoms with Gasteiger partial charge in [0.2, 0.25) is 5.91 Å². The zero-order valence-electron chi connectivity index (χ0n) is 25.5. The molecule has 0 spiro atoms. The van der Waals surface area contributed by atoms with E-state index in [0.29, 0.717) is 12.3 Å². The molecule has 5 nitrogen and oxygen atoms in total. The number of hydrogen-bond acceptors (Lipinski definition) is 3. The first-order valence-electron chi connectivity index (χ1n) is 15.7. The van der Waals surface area contributed by atoms with Gasteiger partial charge in [-0.05, 0) is 18.1 Å². The van der Waals surface area contributed by atoms with Crippen LogP contribution in [0.4, 0.5) is 0 Å². The summed E-state index contributed by atoms with van der Waals surface area (Å²) in [6, 6.07) is 9.89. The smallest absolute Gasteiger partial charge is 0.224 e. The lowest BCUT2D eigenvalue weighted by molar-refractivity contribution is -0.697. The van der Waals surface area contributed by atoms with Gasteiger partial charge in [-0.1, -0.05) is 103 Å². The fourth-order valence-electron chi connectivity index (χ4n) is 4.90. The first-order valence-corrected chi connectivity index (χ1v) is 15.7. The van der Waals surface area contributed by atoms with Gasteiger partial charge in [0.25, 0.3) is 0 Å². The van der Waals surface area contributed by atoms with Gasteiger partial charge in [0.15, 0.2) is 12.4 Å². The van der Waals surface area contributed by atoms with Crippen LogP contribution in [0.2, 0.25) is 0 Å². The quantitative estimate of drug-likeness (QED) is 0.102. The number of amides is 1. The summed E-state index contributed by atoms with van der Waals surface area (Å²) in [6.07, 6.45) is 24.5. The molecule has 0 saturated heterocycles. The third-order valence-corrected chi connectivity index (χ3v) is 7.31. The summed E-state index contributed by atoms with van der Waals surface area (Å²) in [5.74, 6) is 1.48. The Balaban J connectivity index is 0.00000800. The molecule has 40 heavy (non-hydrogen) atoms. The SMILES string of the molecule is CCCCCCCCCCCCCCCCOc1ccc(CC(=O)NCc2cc[n+](CCC)cc2)c(OC)c1.[I-]. The second kappa shape index (κ2) is 23.8. The topological polar surface area (TPSA) is 51.4 Å². The van der Waals surface area contributed by atoms with Gasteiger partial charge >= 0.3 is 0 Å². The van der Waals surface area contributed by atoms with Gasteiger partial charge in [0.1, 0.15) is 18.0 Å². The van der Waals surface area contributed by atoms with Gasteiger partial charge in [-0.25, -0.2) is 4.57 Å². The molecule has 1 amide bonds. The number of rotatable bonds is 23. The van der Waals surface area contributed by atoms with Gasteiger partial charge in [0.05, 0.1) is 20.1 Å². The lowest BCUT2D eigenvalue weighted by atomic mass is 10.0. The summed E-state index contributed by atoms with van der Waals surface area (Å²) < 4.78 is 13.7. The van der Waals surface area contributed by atoms with E-state index in [1.54, 1.807) is 7.11 Å².